The van der Waals surface area contributed by atoms with E-state index in [9.17, 15) is 0 Å². The lowest BCUT2D eigenvalue weighted by Gasteiger charge is -2.28. The van der Waals surface area contributed by atoms with Crippen LogP contribution < -0.4 is 10.6 Å². The SMILES string of the molecule is CC(C)CNC1CCNc2cc(Cl)ccc21. The maximum absolute atomic E-state index is 5.99. The van der Waals surface area contributed by atoms with E-state index in [2.05, 4.69) is 30.5 Å². The van der Waals surface area contributed by atoms with Crippen LogP contribution in [0.1, 0.15) is 31.9 Å². The lowest BCUT2D eigenvalue weighted by molar-refractivity contribution is 0.454. The molecule has 0 fully saturated rings. The Bertz CT molecular complexity index is 363. The summed E-state index contributed by atoms with van der Waals surface area (Å²) in [5.74, 6) is 0.686. The van der Waals surface area contributed by atoms with Gasteiger partial charge in [0.05, 0.1) is 0 Å². The number of nitrogens with one attached hydrogen (secondary N) is 2. The summed E-state index contributed by atoms with van der Waals surface area (Å²) in [7, 11) is 0. The van der Waals surface area contributed by atoms with E-state index in [0.717, 1.165) is 24.5 Å². The van der Waals surface area contributed by atoms with Gasteiger partial charge in [0.15, 0.2) is 0 Å². The van der Waals surface area contributed by atoms with E-state index < -0.39 is 0 Å². The molecule has 0 radical (unpaired) electrons. The Morgan fingerprint density at radius 3 is 3.06 bits per heavy atom. The minimum absolute atomic E-state index is 0.468. The van der Waals surface area contributed by atoms with Crippen molar-refractivity contribution in [2.24, 2.45) is 5.92 Å². The number of halogens is 1. The summed E-state index contributed by atoms with van der Waals surface area (Å²) < 4.78 is 0. The summed E-state index contributed by atoms with van der Waals surface area (Å²) in [5.41, 5.74) is 2.52. The molecule has 1 aromatic carbocycles. The molecule has 2 N–H and O–H groups in total. The predicted molar refractivity (Wildman–Crippen MR) is 70.1 cm³/mol. The van der Waals surface area contributed by atoms with Gasteiger partial charge < -0.3 is 10.6 Å². The molecular formula is C13H19ClN2. The topological polar surface area (TPSA) is 24.1 Å². The van der Waals surface area contributed by atoms with E-state index >= 15 is 0 Å². The van der Waals surface area contributed by atoms with Crippen LogP contribution in [0.15, 0.2) is 18.2 Å². The molecule has 1 aliphatic rings. The largest absolute Gasteiger partial charge is 0.385 e. The number of hydrogen-bond donors (Lipinski definition) is 2. The zero-order valence-corrected chi connectivity index (χ0v) is 10.6. The van der Waals surface area contributed by atoms with Gasteiger partial charge in [-0.2, -0.15) is 0 Å². The molecule has 0 saturated carbocycles. The second-order valence-electron chi connectivity index (χ2n) is 4.80. The van der Waals surface area contributed by atoms with Crippen molar-refractivity contribution in [2.75, 3.05) is 18.4 Å². The van der Waals surface area contributed by atoms with Crippen molar-refractivity contribution >= 4 is 17.3 Å². The third-order valence-electron chi connectivity index (χ3n) is 2.91. The quantitative estimate of drug-likeness (QED) is 0.843. The predicted octanol–water partition coefficient (Wildman–Crippen LogP) is 3.44. The molecule has 88 valence electrons. The fourth-order valence-corrected chi connectivity index (χ4v) is 2.25. The van der Waals surface area contributed by atoms with Crippen LogP contribution >= 0.6 is 11.6 Å². The summed E-state index contributed by atoms with van der Waals surface area (Å²) in [6.07, 6.45) is 1.14. The van der Waals surface area contributed by atoms with Crippen molar-refractivity contribution in [3.05, 3.63) is 28.8 Å². The van der Waals surface area contributed by atoms with Gasteiger partial charge in [-0.25, -0.2) is 0 Å². The van der Waals surface area contributed by atoms with Crippen LogP contribution in [0.3, 0.4) is 0 Å². The van der Waals surface area contributed by atoms with E-state index in [4.69, 9.17) is 11.6 Å². The molecule has 1 unspecified atom stereocenters. The summed E-state index contributed by atoms with van der Waals surface area (Å²) >= 11 is 5.99. The van der Waals surface area contributed by atoms with Gasteiger partial charge in [-0.05, 0) is 36.6 Å². The van der Waals surface area contributed by atoms with Crippen LogP contribution in [0, 0.1) is 5.92 Å². The molecule has 16 heavy (non-hydrogen) atoms. The minimum Gasteiger partial charge on any atom is -0.385 e. The molecule has 2 rings (SSSR count). The first-order valence-electron chi connectivity index (χ1n) is 5.93. The van der Waals surface area contributed by atoms with Gasteiger partial charge in [0.1, 0.15) is 0 Å². The number of hydrogen-bond acceptors (Lipinski definition) is 2. The summed E-state index contributed by atoms with van der Waals surface area (Å²) in [5, 5.41) is 7.81. The van der Waals surface area contributed by atoms with Crippen LogP contribution in [0.4, 0.5) is 5.69 Å². The summed E-state index contributed by atoms with van der Waals surface area (Å²) in [4.78, 5) is 0. The lowest BCUT2D eigenvalue weighted by Crippen LogP contribution is -2.30. The Balaban J connectivity index is 2.13. The fraction of sp³-hybridized carbons (Fsp3) is 0.538. The number of benzene rings is 1. The smallest absolute Gasteiger partial charge is 0.0426 e. The van der Waals surface area contributed by atoms with Crippen molar-refractivity contribution < 1.29 is 0 Å². The third-order valence-corrected chi connectivity index (χ3v) is 3.15. The maximum atomic E-state index is 5.99. The van der Waals surface area contributed by atoms with Crippen LogP contribution in [-0.4, -0.2) is 13.1 Å². The first-order chi connectivity index (χ1) is 7.66. The van der Waals surface area contributed by atoms with Gasteiger partial charge >= 0.3 is 0 Å². The van der Waals surface area contributed by atoms with Crippen LogP contribution in [0.2, 0.25) is 5.02 Å². The number of anilines is 1. The van der Waals surface area contributed by atoms with Crippen LogP contribution in [0.5, 0.6) is 0 Å². The molecule has 0 amide bonds. The highest BCUT2D eigenvalue weighted by Gasteiger charge is 2.19. The third kappa shape index (κ3) is 2.69. The molecule has 2 nitrogen and oxygen atoms in total. The minimum atomic E-state index is 0.468. The van der Waals surface area contributed by atoms with Gasteiger partial charge in [0.2, 0.25) is 0 Å². The number of fused-ring (bicyclic) bond motifs is 1. The van der Waals surface area contributed by atoms with E-state index in [0.29, 0.717) is 12.0 Å². The normalized spacial score (nSPS) is 19.4. The Labute approximate surface area is 102 Å². The second-order valence-corrected chi connectivity index (χ2v) is 5.24. The highest BCUT2D eigenvalue weighted by molar-refractivity contribution is 6.30. The lowest BCUT2D eigenvalue weighted by atomic mass is 9.97. The Kier molecular flexibility index (Phi) is 3.72. The van der Waals surface area contributed by atoms with Crippen molar-refractivity contribution in [1.82, 2.24) is 5.32 Å². The molecule has 0 aromatic heterocycles. The van der Waals surface area contributed by atoms with Crippen molar-refractivity contribution in [2.45, 2.75) is 26.3 Å². The van der Waals surface area contributed by atoms with Gasteiger partial charge in [0, 0.05) is 23.3 Å². The maximum Gasteiger partial charge on any atom is 0.0426 e. The molecule has 0 aliphatic carbocycles. The van der Waals surface area contributed by atoms with Crippen LogP contribution in [0.25, 0.3) is 0 Å². The number of rotatable bonds is 3. The molecule has 1 aromatic rings. The zero-order valence-electron chi connectivity index (χ0n) is 9.89. The van der Waals surface area contributed by atoms with E-state index in [1.807, 2.05) is 12.1 Å². The Hall–Kier alpha value is -0.730. The monoisotopic (exact) mass is 238 g/mol. The van der Waals surface area contributed by atoms with Crippen LogP contribution in [-0.2, 0) is 0 Å². The molecular weight excluding hydrogens is 220 g/mol. The molecule has 0 saturated heterocycles. The first-order valence-corrected chi connectivity index (χ1v) is 6.31. The summed E-state index contributed by atoms with van der Waals surface area (Å²) in [6.45, 7) is 6.55. The Morgan fingerprint density at radius 2 is 2.31 bits per heavy atom. The molecule has 1 heterocycles. The highest BCUT2D eigenvalue weighted by Crippen LogP contribution is 2.31. The average molecular weight is 239 g/mol. The van der Waals surface area contributed by atoms with Gasteiger partial charge in [-0.15, -0.1) is 0 Å². The molecule has 0 spiro atoms. The first kappa shape index (κ1) is 11.7. The standard InChI is InChI=1S/C13H19ClN2/c1-9(2)8-16-12-5-6-15-13-7-10(14)3-4-11(12)13/h3-4,7,9,12,15-16H,5-6,8H2,1-2H3. The molecule has 1 atom stereocenters. The highest BCUT2D eigenvalue weighted by atomic mass is 35.5. The molecule has 1 aliphatic heterocycles. The molecule has 3 heteroatoms. The van der Waals surface area contributed by atoms with Crippen molar-refractivity contribution in [3.63, 3.8) is 0 Å². The van der Waals surface area contributed by atoms with Crippen molar-refractivity contribution in [1.29, 1.82) is 0 Å². The average Bonchev–Trinajstić information content (AvgIpc) is 2.25. The van der Waals surface area contributed by atoms with Gasteiger partial charge in [0.25, 0.3) is 0 Å². The van der Waals surface area contributed by atoms with Gasteiger partial charge in [-0.3, -0.25) is 0 Å². The Morgan fingerprint density at radius 1 is 1.50 bits per heavy atom. The van der Waals surface area contributed by atoms with Crippen molar-refractivity contribution in [3.8, 4) is 0 Å². The van der Waals surface area contributed by atoms with E-state index in [1.165, 1.54) is 11.3 Å². The van der Waals surface area contributed by atoms with Gasteiger partial charge in [-0.1, -0.05) is 31.5 Å². The summed E-state index contributed by atoms with van der Waals surface area (Å²) in [6, 6.07) is 6.58. The second kappa shape index (κ2) is 5.07. The van der Waals surface area contributed by atoms with E-state index in [1.54, 1.807) is 0 Å². The zero-order chi connectivity index (χ0) is 11.5. The molecule has 0 bridgehead atoms. The fourth-order valence-electron chi connectivity index (χ4n) is 2.08. The van der Waals surface area contributed by atoms with E-state index in [-0.39, 0.29) is 0 Å².